The molecule has 0 saturated heterocycles. The van der Waals surface area contributed by atoms with Crippen molar-refractivity contribution in [3.63, 3.8) is 0 Å². The first-order valence-electron chi connectivity index (χ1n) is 9.02. The quantitative estimate of drug-likeness (QED) is 0.447. The Kier molecular flexibility index (Phi) is 5.39. The number of ether oxygens (including phenoxy) is 1. The highest BCUT2D eigenvalue weighted by atomic mass is 32.1. The highest BCUT2D eigenvalue weighted by Crippen LogP contribution is 2.36. The van der Waals surface area contributed by atoms with Crippen molar-refractivity contribution in [1.82, 2.24) is 15.0 Å². The fourth-order valence-corrected chi connectivity index (χ4v) is 3.80. The van der Waals surface area contributed by atoms with Crippen molar-refractivity contribution in [2.45, 2.75) is 13.3 Å². The predicted octanol–water partition coefficient (Wildman–Crippen LogP) is 4.10. The summed E-state index contributed by atoms with van der Waals surface area (Å²) >= 11 is 1.13. The molecule has 29 heavy (non-hydrogen) atoms. The number of benzene rings is 1. The Balaban J connectivity index is 1.45. The molecule has 4 aromatic rings. The lowest BCUT2D eigenvalue weighted by Crippen LogP contribution is -2.06. The van der Waals surface area contributed by atoms with Crippen LogP contribution in [0.2, 0.25) is 0 Å². The Morgan fingerprint density at radius 1 is 1.24 bits per heavy atom. The first-order chi connectivity index (χ1) is 14.1. The van der Waals surface area contributed by atoms with E-state index >= 15 is 0 Å². The number of carboxylic acids is 1. The van der Waals surface area contributed by atoms with Crippen LogP contribution in [0.15, 0.2) is 47.5 Å². The van der Waals surface area contributed by atoms with E-state index in [1.54, 1.807) is 12.1 Å². The molecule has 0 spiro atoms. The third kappa shape index (κ3) is 4.19. The van der Waals surface area contributed by atoms with Gasteiger partial charge in [-0.2, -0.15) is 0 Å². The SMILES string of the molecule is CCOc1cc(-c2cc(NCCc3ccc4ncoc4c3)ncn2)sc1C(=O)O. The van der Waals surface area contributed by atoms with Crippen molar-refractivity contribution in [3.05, 3.63) is 53.5 Å². The molecule has 3 aromatic heterocycles. The number of nitrogens with one attached hydrogen (secondary N) is 1. The summed E-state index contributed by atoms with van der Waals surface area (Å²) < 4.78 is 10.8. The lowest BCUT2D eigenvalue weighted by molar-refractivity contribution is 0.0698. The Morgan fingerprint density at radius 2 is 2.14 bits per heavy atom. The Bertz CT molecular complexity index is 1150. The first kappa shape index (κ1) is 18.9. The highest BCUT2D eigenvalue weighted by Gasteiger charge is 2.18. The Hall–Kier alpha value is -3.46. The smallest absolute Gasteiger partial charge is 0.349 e. The van der Waals surface area contributed by atoms with Crippen molar-refractivity contribution in [3.8, 4) is 16.3 Å². The number of thiophene rings is 1. The molecule has 8 nitrogen and oxygen atoms in total. The van der Waals surface area contributed by atoms with Gasteiger partial charge in [-0.1, -0.05) is 6.07 Å². The minimum absolute atomic E-state index is 0.165. The molecule has 0 fully saturated rings. The summed E-state index contributed by atoms with van der Waals surface area (Å²) in [5, 5.41) is 12.6. The van der Waals surface area contributed by atoms with Crippen LogP contribution in [-0.4, -0.2) is 39.2 Å². The molecular weight excluding hydrogens is 392 g/mol. The van der Waals surface area contributed by atoms with E-state index in [0.717, 1.165) is 34.4 Å². The topological polar surface area (TPSA) is 110 Å². The van der Waals surface area contributed by atoms with Crippen molar-refractivity contribution >= 4 is 34.2 Å². The molecule has 0 aliphatic rings. The highest BCUT2D eigenvalue weighted by molar-refractivity contribution is 7.17. The van der Waals surface area contributed by atoms with Gasteiger partial charge in [0.2, 0.25) is 0 Å². The third-order valence-corrected chi connectivity index (χ3v) is 5.35. The van der Waals surface area contributed by atoms with Crippen LogP contribution in [0.3, 0.4) is 0 Å². The van der Waals surface area contributed by atoms with E-state index in [1.807, 2.05) is 25.1 Å². The van der Waals surface area contributed by atoms with Crippen LogP contribution in [0.1, 0.15) is 22.2 Å². The largest absolute Gasteiger partial charge is 0.492 e. The van der Waals surface area contributed by atoms with Crippen LogP contribution in [0.5, 0.6) is 5.75 Å². The number of hydrogen-bond donors (Lipinski definition) is 2. The second-order valence-electron chi connectivity index (χ2n) is 6.16. The van der Waals surface area contributed by atoms with Gasteiger partial charge in [0.05, 0.1) is 17.2 Å². The van der Waals surface area contributed by atoms with E-state index in [0.29, 0.717) is 35.3 Å². The molecule has 0 radical (unpaired) electrons. The summed E-state index contributed by atoms with van der Waals surface area (Å²) in [6.45, 7) is 2.88. The minimum atomic E-state index is -1.01. The number of hydrogen-bond acceptors (Lipinski definition) is 8. The zero-order valence-corrected chi connectivity index (χ0v) is 16.4. The number of fused-ring (bicyclic) bond motifs is 1. The number of aromatic carboxylic acids is 1. The van der Waals surface area contributed by atoms with E-state index in [9.17, 15) is 9.90 Å². The maximum atomic E-state index is 11.4. The molecule has 0 bridgehead atoms. The molecular formula is C20H18N4O4S. The van der Waals surface area contributed by atoms with Crippen LogP contribution in [0, 0.1) is 0 Å². The third-order valence-electron chi connectivity index (χ3n) is 4.23. The van der Waals surface area contributed by atoms with Gasteiger partial charge >= 0.3 is 5.97 Å². The van der Waals surface area contributed by atoms with Gasteiger partial charge in [-0.05, 0) is 31.0 Å². The van der Waals surface area contributed by atoms with Gasteiger partial charge in [0, 0.05) is 18.7 Å². The fourth-order valence-electron chi connectivity index (χ4n) is 2.89. The molecule has 2 N–H and O–H groups in total. The number of nitrogens with zero attached hydrogens (tertiary/aromatic N) is 3. The van der Waals surface area contributed by atoms with Gasteiger partial charge in [0.15, 0.2) is 16.9 Å². The average Bonchev–Trinajstić information content (AvgIpc) is 3.35. The van der Waals surface area contributed by atoms with Crippen LogP contribution < -0.4 is 10.1 Å². The zero-order chi connectivity index (χ0) is 20.2. The molecule has 0 atom stereocenters. The number of carboxylic acid groups (broad SMARTS) is 1. The first-order valence-corrected chi connectivity index (χ1v) is 9.84. The van der Waals surface area contributed by atoms with E-state index < -0.39 is 5.97 Å². The monoisotopic (exact) mass is 410 g/mol. The maximum Gasteiger partial charge on any atom is 0.349 e. The number of aromatic nitrogens is 3. The summed E-state index contributed by atoms with van der Waals surface area (Å²) in [5.74, 6) is 0.00994. The van der Waals surface area contributed by atoms with Crippen LogP contribution in [-0.2, 0) is 6.42 Å². The number of rotatable bonds is 8. The molecule has 0 unspecified atom stereocenters. The van der Waals surface area contributed by atoms with Gasteiger partial charge in [-0.15, -0.1) is 11.3 Å². The van der Waals surface area contributed by atoms with E-state index in [2.05, 4.69) is 20.3 Å². The van der Waals surface area contributed by atoms with Gasteiger partial charge < -0.3 is 19.6 Å². The molecule has 4 rings (SSSR count). The normalized spacial score (nSPS) is 10.9. The lowest BCUT2D eigenvalue weighted by atomic mass is 10.1. The van der Waals surface area contributed by atoms with E-state index in [-0.39, 0.29) is 4.88 Å². The van der Waals surface area contributed by atoms with Crippen molar-refractivity contribution in [1.29, 1.82) is 0 Å². The van der Waals surface area contributed by atoms with Crippen LogP contribution in [0.4, 0.5) is 5.82 Å². The zero-order valence-electron chi connectivity index (χ0n) is 15.6. The van der Waals surface area contributed by atoms with Crippen molar-refractivity contribution in [2.24, 2.45) is 0 Å². The van der Waals surface area contributed by atoms with Gasteiger partial charge in [-0.3, -0.25) is 0 Å². The van der Waals surface area contributed by atoms with E-state index in [1.165, 1.54) is 12.7 Å². The summed E-state index contributed by atoms with van der Waals surface area (Å²) in [6.07, 6.45) is 3.68. The molecule has 9 heteroatoms. The molecule has 3 heterocycles. The summed E-state index contributed by atoms with van der Waals surface area (Å²) in [5.41, 5.74) is 3.37. The summed E-state index contributed by atoms with van der Waals surface area (Å²) in [4.78, 5) is 24.9. The predicted molar refractivity (Wildman–Crippen MR) is 110 cm³/mol. The number of anilines is 1. The van der Waals surface area contributed by atoms with Crippen LogP contribution >= 0.6 is 11.3 Å². The fraction of sp³-hybridized carbons (Fsp3) is 0.200. The minimum Gasteiger partial charge on any atom is -0.492 e. The van der Waals surface area contributed by atoms with Gasteiger partial charge in [-0.25, -0.2) is 19.7 Å². The Labute approximate surface area is 170 Å². The van der Waals surface area contributed by atoms with Gasteiger partial charge in [0.25, 0.3) is 0 Å². The van der Waals surface area contributed by atoms with E-state index in [4.69, 9.17) is 9.15 Å². The molecule has 0 saturated carbocycles. The van der Waals surface area contributed by atoms with Crippen molar-refractivity contribution < 1.29 is 19.1 Å². The second-order valence-corrected chi connectivity index (χ2v) is 7.21. The summed E-state index contributed by atoms with van der Waals surface area (Å²) in [6, 6.07) is 9.43. The maximum absolute atomic E-state index is 11.4. The van der Waals surface area contributed by atoms with Crippen molar-refractivity contribution in [2.75, 3.05) is 18.5 Å². The van der Waals surface area contributed by atoms with Crippen LogP contribution in [0.25, 0.3) is 21.7 Å². The molecule has 148 valence electrons. The molecule has 0 aliphatic carbocycles. The average molecular weight is 410 g/mol. The Morgan fingerprint density at radius 3 is 2.97 bits per heavy atom. The van der Waals surface area contributed by atoms with Gasteiger partial charge in [0.1, 0.15) is 23.4 Å². The number of carbonyl (C=O) groups is 1. The molecule has 0 amide bonds. The summed E-state index contributed by atoms with van der Waals surface area (Å²) in [7, 11) is 0. The standard InChI is InChI=1S/C20H18N4O4S/c1-2-27-16-9-17(29-19(16)20(25)26)14-8-18(23-10-22-14)21-6-5-12-3-4-13-15(7-12)28-11-24-13/h3-4,7-11H,2,5-6H2,1H3,(H,25,26)(H,21,22,23). The lowest BCUT2D eigenvalue weighted by Gasteiger charge is -2.06. The molecule has 1 aromatic carbocycles. The number of oxazole rings is 1. The second kappa shape index (κ2) is 8.27. The molecule has 0 aliphatic heterocycles.